The smallest absolute Gasteiger partial charge is 0.220 e. The number of nitrogens with one attached hydrogen (secondary N) is 1. The Morgan fingerprint density at radius 1 is 0.706 bits per heavy atom. The molecule has 1 rings (SSSR count). The van der Waals surface area contributed by atoms with E-state index in [1.807, 2.05) is 19.1 Å². The molecule has 51 heavy (non-hydrogen) atoms. The van der Waals surface area contributed by atoms with Gasteiger partial charge in [0.05, 0.1) is 25.4 Å². The number of allylic oxidation sites excluding steroid dienone is 9. The van der Waals surface area contributed by atoms with Gasteiger partial charge in [-0.15, -0.1) is 0 Å². The summed E-state index contributed by atoms with van der Waals surface area (Å²) >= 11 is 0. The fraction of sp³-hybridized carbons (Fsp3) is 0.738. The number of aliphatic hydroxyl groups is 5. The van der Waals surface area contributed by atoms with Gasteiger partial charge in [0.1, 0.15) is 24.4 Å². The molecule has 7 atom stereocenters. The van der Waals surface area contributed by atoms with Gasteiger partial charge in [-0.2, -0.15) is 0 Å². The van der Waals surface area contributed by atoms with Crippen LogP contribution < -0.4 is 5.32 Å². The molecule has 0 spiro atoms. The second-order valence-corrected chi connectivity index (χ2v) is 13.7. The highest BCUT2D eigenvalue weighted by Gasteiger charge is 2.44. The highest BCUT2D eigenvalue weighted by atomic mass is 16.7. The molecular weight excluding hydrogens is 646 g/mol. The SMILES string of the molecule is C/C=C/CC/C=C/CC/C=C/C(O)C(COC1OC(CO)C(O)C(O)C1O)NC(=O)CCCCCCCCCCCC/C=C\C=C/CCCCC. The number of unbranched alkanes of at least 4 members (excludes halogenated alkanes) is 15. The Morgan fingerprint density at radius 3 is 1.84 bits per heavy atom. The lowest BCUT2D eigenvalue weighted by Crippen LogP contribution is -2.60. The lowest BCUT2D eigenvalue weighted by Gasteiger charge is -2.40. The molecule has 0 aromatic heterocycles. The Hall–Kier alpha value is -2.11. The van der Waals surface area contributed by atoms with Gasteiger partial charge in [-0.05, 0) is 64.7 Å². The molecule has 0 radical (unpaired) electrons. The number of hydrogen-bond acceptors (Lipinski definition) is 8. The predicted molar refractivity (Wildman–Crippen MR) is 207 cm³/mol. The molecule has 1 fully saturated rings. The third-order valence-electron chi connectivity index (χ3n) is 9.17. The van der Waals surface area contributed by atoms with Crippen LogP contribution in [-0.2, 0) is 14.3 Å². The zero-order valence-electron chi connectivity index (χ0n) is 31.8. The van der Waals surface area contributed by atoms with Crippen molar-refractivity contribution < 1.29 is 39.8 Å². The van der Waals surface area contributed by atoms with Gasteiger partial charge in [-0.25, -0.2) is 0 Å². The Kier molecular flexibility index (Phi) is 29.9. The van der Waals surface area contributed by atoms with Crippen LogP contribution in [0.2, 0.25) is 0 Å². The molecule has 0 aliphatic carbocycles. The quantitative estimate of drug-likeness (QED) is 0.0249. The van der Waals surface area contributed by atoms with Gasteiger partial charge < -0.3 is 40.3 Å². The van der Waals surface area contributed by atoms with Crippen LogP contribution in [0.4, 0.5) is 0 Å². The van der Waals surface area contributed by atoms with Gasteiger partial charge in [0, 0.05) is 6.42 Å². The molecule has 294 valence electrons. The van der Waals surface area contributed by atoms with Crippen molar-refractivity contribution in [2.24, 2.45) is 0 Å². The van der Waals surface area contributed by atoms with E-state index in [4.69, 9.17) is 9.47 Å². The molecule has 9 nitrogen and oxygen atoms in total. The topological polar surface area (TPSA) is 149 Å². The predicted octanol–water partition coefficient (Wildman–Crippen LogP) is 7.27. The normalized spacial score (nSPS) is 22.7. The molecule has 0 aromatic carbocycles. The number of ether oxygens (including phenoxy) is 2. The lowest BCUT2D eigenvalue weighted by molar-refractivity contribution is -0.302. The van der Waals surface area contributed by atoms with E-state index in [-0.39, 0.29) is 12.5 Å². The summed E-state index contributed by atoms with van der Waals surface area (Å²) in [5, 5.41) is 53.8. The standard InChI is InChI=1S/C42H73NO8/c1-3-5-7-9-11-13-14-15-16-17-18-19-20-21-22-24-26-28-30-32-38(46)43-35(36(45)31-29-27-25-23-12-10-8-6-4-2)34-50-42-41(49)40(48)39(47)37(33-44)51-42/h4,6,11-15,23,29,31,35-37,39-42,44-45,47-49H,3,5,7-10,16-22,24-28,30,32-34H2,1-2H3,(H,43,46)/b6-4+,13-11-,15-14-,23-12+,31-29+. The summed E-state index contributed by atoms with van der Waals surface area (Å²) in [6.07, 6.45) is 34.3. The molecule has 9 heteroatoms. The molecule has 1 aliphatic rings. The first-order chi connectivity index (χ1) is 24.8. The van der Waals surface area contributed by atoms with Gasteiger partial charge in [-0.1, -0.05) is 132 Å². The number of rotatable bonds is 31. The van der Waals surface area contributed by atoms with Gasteiger partial charge in [-0.3, -0.25) is 4.79 Å². The first-order valence-electron chi connectivity index (χ1n) is 20.0. The molecule has 0 bridgehead atoms. The minimum atomic E-state index is -1.57. The summed E-state index contributed by atoms with van der Waals surface area (Å²) in [4.78, 5) is 12.9. The first kappa shape index (κ1) is 46.9. The zero-order valence-corrected chi connectivity index (χ0v) is 31.8. The number of carbonyl (C=O) groups is 1. The number of carbonyl (C=O) groups excluding carboxylic acids is 1. The van der Waals surface area contributed by atoms with Crippen molar-refractivity contribution >= 4 is 5.91 Å². The molecule has 7 unspecified atom stereocenters. The van der Waals surface area contributed by atoms with Crippen LogP contribution in [0.25, 0.3) is 0 Å². The van der Waals surface area contributed by atoms with Crippen molar-refractivity contribution in [2.75, 3.05) is 13.2 Å². The summed E-state index contributed by atoms with van der Waals surface area (Å²) < 4.78 is 11.1. The van der Waals surface area contributed by atoms with E-state index in [1.54, 1.807) is 6.08 Å². The van der Waals surface area contributed by atoms with Crippen LogP contribution in [0.3, 0.4) is 0 Å². The number of amides is 1. The average Bonchev–Trinajstić information content (AvgIpc) is 3.13. The van der Waals surface area contributed by atoms with Crippen LogP contribution in [0.1, 0.15) is 142 Å². The highest BCUT2D eigenvalue weighted by molar-refractivity contribution is 5.76. The highest BCUT2D eigenvalue weighted by Crippen LogP contribution is 2.22. The van der Waals surface area contributed by atoms with Crippen molar-refractivity contribution in [1.29, 1.82) is 0 Å². The van der Waals surface area contributed by atoms with Crippen LogP contribution in [0.5, 0.6) is 0 Å². The molecule has 6 N–H and O–H groups in total. The van der Waals surface area contributed by atoms with Crippen molar-refractivity contribution in [3.8, 4) is 0 Å². The zero-order chi connectivity index (χ0) is 37.4. The second kappa shape index (κ2) is 32.5. The van der Waals surface area contributed by atoms with E-state index >= 15 is 0 Å². The van der Waals surface area contributed by atoms with E-state index in [1.165, 1.54) is 70.6 Å². The Labute approximate surface area is 309 Å². The van der Waals surface area contributed by atoms with Crippen LogP contribution >= 0.6 is 0 Å². The largest absolute Gasteiger partial charge is 0.394 e. The summed E-state index contributed by atoms with van der Waals surface area (Å²) in [5.74, 6) is -0.202. The molecule has 1 aliphatic heterocycles. The minimum absolute atomic E-state index is 0.202. The van der Waals surface area contributed by atoms with E-state index in [9.17, 15) is 30.3 Å². The molecule has 1 saturated heterocycles. The van der Waals surface area contributed by atoms with Crippen LogP contribution in [0.15, 0.2) is 60.8 Å². The van der Waals surface area contributed by atoms with E-state index in [0.29, 0.717) is 6.42 Å². The van der Waals surface area contributed by atoms with E-state index in [2.05, 4.69) is 54.8 Å². The molecule has 0 aromatic rings. The van der Waals surface area contributed by atoms with Crippen molar-refractivity contribution in [3.63, 3.8) is 0 Å². The van der Waals surface area contributed by atoms with Crippen molar-refractivity contribution in [1.82, 2.24) is 5.32 Å². The maximum Gasteiger partial charge on any atom is 0.220 e. The first-order valence-corrected chi connectivity index (χ1v) is 20.0. The lowest BCUT2D eigenvalue weighted by atomic mass is 9.99. The number of aliphatic hydroxyl groups excluding tert-OH is 5. The van der Waals surface area contributed by atoms with Gasteiger partial charge in [0.25, 0.3) is 0 Å². The number of hydrogen-bond donors (Lipinski definition) is 6. The summed E-state index contributed by atoms with van der Waals surface area (Å²) in [6.45, 7) is 3.45. The van der Waals surface area contributed by atoms with Gasteiger partial charge >= 0.3 is 0 Å². The Bertz CT molecular complexity index is 978. The van der Waals surface area contributed by atoms with Crippen LogP contribution in [-0.4, -0.2) is 87.5 Å². The molecule has 1 heterocycles. The van der Waals surface area contributed by atoms with E-state index < -0.39 is 49.5 Å². The average molecular weight is 720 g/mol. The van der Waals surface area contributed by atoms with Gasteiger partial charge in [0.2, 0.25) is 5.91 Å². The third kappa shape index (κ3) is 24.0. The fourth-order valence-corrected chi connectivity index (χ4v) is 5.89. The Balaban J connectivity index is 2.37. The van der Waals surface area contributed by atoms with Crippen molar-refractivity contribution in [3.05, 3.63) is 60.8 Å². The molecule has 0 saturated carbocycles. The minimum Gasteiger partial charge on any atom is -0.394 e. The van der Waals surface area contributed by atoms with Crippen molar-refractivity contribution in [2.45, 2.75) is 185 Å². The van der Waals surface area contributed by atoms with Gasteiger partial charge in [0.15, 0.2) is 6.29 Å². The summed E-state index contributed by atoms with van der Waals surface area (Å²) in [5.41, 5.74) is 0. The maximum absolute atomic E-state index is 12.9. The molecular formula is C42H73NO8. The van der Waals surface area contributed by atoms with E-state index in [0.717, 1.165) is 51.4 Å². The molecule has 1 amide bonds. The maximum atomic E-state index is 12.9. The summed E-state index contributed by atoms with van der Waals surface area (Å²) in [6, 6.07) is -0.828. The third-order valence-corrected chi connectivity index (χ3v) is 9.17. The second-order valence-electron chi connectivity index (χ2n) is 13.7. The monoisotopic (exact) mass is 720 g/mol. The Morgan fingerprint density at radius 2 is 1.25 bits per heavy atom. The fourth-order valence-electron chi connectivity index (χ4n) is 5.89. The van der Waals surface area contributed by atoms with Crippen LogP contribution in [0, 0.1) is 0 Å². The summed E-state index contributed by atoms with van der Waals surface area (Å²) in [7, 11) is 0.